The minimum Gasteiger partial charge on any atom is -0.506 e. The summed E-state index contributed by atoms with van der Waals surface area (Å²) in [5.41, 5.74) is -0.384. The summed E-state index contributed by atoms with van der Waals surface area (Å²) in [6, 6.07) is 16.6. The number of phenols is 1. The number of carbonyl (C=O) groups is 1. The number of hydrogen-bond donors (Lipinski definition) is 4. The van der Waals surface area contributed by atoms with Gasteiger partial charge in [-0.1, -0.05) is 30.3 Å². The van der Waals surface area contributed by atoms with Gasteiger partial charge in [-0.2, -0.15) is 0 Å². The summed E-state index contributed by atoms with van der Waals surface area (Å²) in [5, 5.41) is 35.2. The Kier molecular flexibility index (Phi) is 8.17. The summed E-state index contributed by atoms with van der Waals surface area (Å²) in [6.07, 6.45) is -4.68. The van der Waals surface area contributed by atoms with Crippen molar-refractivity contribution < 1.29 is 43.5 Å². The van der Waals surface area contributed by atoms with Crippen molar-refractivity contribution in [3.8, 4) is 28.4 Å². The van der Waals surface area contributed by atoms with E-state index in [-0.39, 0.29) is 28.3 Å². The molecule has 1 amide bonds. The molecule has 1 aliphatic rings. The fraction of sp³-hybridized carbons (Fsp3) is 0.312. The van der Waals surface area contributed by atoms with E-state index in [1.54, 1.807) is 63.2 Å². The van der Waals surface area contributed by atoms with E-state index in [2.05, 4.69) is 5.32 Å². The second-order valence-electron chi connectivity index (χ2n) is 10.8. The van der Waals surface area contributed by atoms with Crippen LogP contribution in [-0.2, 0) is 9.47 Å². The van der Waals surface area contributed by atoms with Crippen LogP contribution in [0.15, 0.2) is 69.9 Å². The molecule has 1 aromatic heterocycles. The zero-order valence-electron chi connectivity index (χ0n) is 24.3. The number of aliphatic hydroxyl groups excluding tert-OH is 2. The van der Waals surface area contributed by atoms with Crippen LogP contribution in [0.25, 0.3) is 22.1 Å². The lowest BCUT2D eigenvalue weighted by Gasteiger charge is -2.46. The fourth-order valence-corrected chi connectivity index (χ4v) is 5.35. The average molecular weight is 592 g/mol. The van der Waals surface area contributed by atoms with E-state index in [4.69, 9.17) is 23.4 Å². The SMILES string of the molecule is COc1ccc(C(=O)Nc2cc3ccc(O[C@@H]4OC(C)(C)[C@H](OC)[C@@H](O)[C@H]4O)c(C)c3oc2=O)c(O)c1-c1ccccc1. The summed E-state index contributed by atoms with van der Waals surface area (Å²) < 4.78 is 28.1. The third kappa shape index (κ3) is 5.55. The monoisotopic (exact) mass is 591 g/mol. The number of ether oxygens (including phenoxy) is 4. The van der Waals surface area contributed by atoms with E-state index in [1.807, 2.05) is 6.07 Å². The number of benzene rings is 3. The van der Waals surface area contributed by atoms with E-state index in [9.17, 15) is 24.9 Å². The van der Waals surface area contributed by atoms with Crippen molar-refractivity contribution in [2.75, 3.05) is 19.5 Å². The van der Waals surface area contributed by atoms with E-state index < -0.39 is 41.7 Å². The minimum atomic E-state index is -1.41. The number of nitrogens with one attached hydrogen (secondary N) is 1. The molecule has 0 unspecified atom stereocenters. The second kappa shape index (κ2) is 11.7. The maximum absolute atomic E-state index is 13.2. The lowest BCUT2D eigenvalue weighted by Crippen LogP contribution is -2.63. The van der Waals surface area contributed by atoms with E-state index in [1.165, 1.54) is 26.4 Å². The van der Waals surface area contributed by atoms with Gasteiger partial charge in [-0.25, -0.2) is 4.79 Å². The Morgan fingerprint density at radius 1 is 0.977 bits per heavy atom. The van der Waals surface area contributed by atoms with E-state index in [0.717, 1.165) is 0 Å². The lowest BCUT2D eigenvalue weighted by atomic mass is 9.89. The molecule has 3 aromatic carbocycles. The molecule has 0 spiro atoms. The molecule has 1 saturated heterocycles. The van der Waals surface area contributed by atoms with Gasteiger partial charge < -0.3 is 44.0 Å². The number of carbonyl (C=O) groups excluding carboxylic acids is 1. The van der Waals surface area contributed by atoms with Crippen LogP contribution in [0.4, 0.5) is 5.69 Å². The van der Waals surface area contributed by atoms with Crippen LogP contribution in [0, 0.1) is 6.92 Å². The Labute approximate surface area is 247 Å². The quantitative estimate of drug-likeness (QED) is 0.232. The van der Waals surface area contributed by atoms with Gasteiger partial charge in [-0.05, 0) is 56.7 Å². The van der Waals surface area contributed by atoms with Gasteiger partial charge >= 0.3 is 5.63 Å². The summed E-state index contributed by atoms with van der Waals surface area (Å²) in [6.45, 7) is 5.08. The maximum atomic E-state index is 13.2. The third-order valence-electron chi connectivity index (χ3n) is 7.56. The predicted molar refractivity (Wildman–Crippen MR) is 158 cm³/mol. The number of aromatic hydroxyl groups is 1. The molecular weight excluding hydrogens is 558 g/mol. The summed E-state index contributed by atoms with van der Waals surface area (Å²) in [5.74, 6) is -0.392. The molecule has 43 heavy (non-hydrogen) atoms. The topological polar surface area (TPSA) is 157 Å². The number of phenolic OH excluding ortho intramolecular Hbond substituents is 1. The van der Waals surface area contributed by atoms with Gasteiger partial charge in [0, 0.05) is 18.1 Å². The highest BCUT2D eigenvalue weighted by atomic mass is 16.7. The number of methoxy groups -OCH3 is 2. The molecular formula is C32H33NO10. The number of aryl methyl sites for hydroxylation is 1. The van der Waals surface area contributed by atoms with Gasteiger partial charge in [0.2, 0.25) is 6.29 Å². The predicted octanol–water partition coefficient (Wildman–Crippen LogP) is 3.99. The van der Waals surface area contributed by atoms with Crippen LogP contribution >= 0.6 is 0 Å². The van der Waals surface area contributed by atoms with Crippen LogP contribution in [0.3, 0.4) is 0 Å². The zero-order chi connectivity index (χ0) is 31.1. The molecule has 0 bridgehead atoms. The van der Waals surface area contributed by atoms with Crippen LogP contribution in [0.1, 0.15) is 29.8 Å². The minimum absolute atomic E-state index is 0.0639. The Balaban J connectivity index is 1.42. The first-order valence-corrected chi connectivity index (χ1v) is 13.5. The van der Waals surface area contributed by atoms with Crippen molar-refractivity contribution in [3.63, 3.8) is 0 Å². The Bertz CT molecular complexity index is 1720. The average Bonchev–Trinajstić information content (AvgIpc) is 2.98. The standard InChI is InChI=1S/C32H33NO10/c1-16-21(41-31-26(36)25(35)28(40-5)32(2,3)43-31)13-11-18-15-20(30(38)42-27(16)18)33-29(37)19-12-14-22(39-4)23(24(19)34)17-9-7-6-8-10-17/h6-15,25-26,28,31,34-36H,1-5H3,(H,33,37)/t25-,26+,28+,31+/m0/s1. The third-order valence-corrected chi connectivity index (χ3v) is 7.56. The smallest absolute Gasteiger partial charge is 0.360 e. The van der Waals surface area contributed by atoms with Gasteiger partial charge in [0.25, 0.3) is 5.91 Å². The second-order valence-corrected chi connectivity index (χ2v) is 10.8. The van der Waals surface area contributed by atoms with Crippen molar-refractivity contribution >= 4 is 22.6 Å². The molecule has 226 valence electrons. The number of aliphatic hydroxyl groups is 2. The van der Waals surface area contributed by atoms with E-state index >= 15 is 0 Å². The first-order valence-electron chi connectivity index (χ1n) is 13.5. The highest BCUT2D eigenvalue weighted by Crippen LogP contribution is 2.40. The lowest BCUT2D eigenvalue weighted by molar-refractivity contribution is -0.306. The first kappa shape index (κ1) is 30.1. The fourth-order valence-electron chi connectivity index (χ4n) is 5.35. The molecule has 1 fully saturated rings. The molecule has 4 N–H and O–H groups in total. The van der Waals surface area contributed by atoms with Crippen LogP contribution in [-0.4, -0.2) is 65.6 Å². The van der Waals surface area contributed by atoms with Crippen molar-refractivity contribution in [2.24, 2.45) is 0 Å². The molecule has 11 heteroatoms. The molecule has 0 saturated carbocycles. The molecule has 4 atom stereocenters. The number of rotatable bonds is 7. The molecule has 5 rings (SSSR count). The van der Waals surface area contributed by atoms with Crippen molar-refractivity contribution in [3.05, 3.63) is 82.2 Å². The van der Waals surface area contributed by atoms with Crippen molar-refractivity contribution in [2.45, 2.75) is 51.0 Å². The summed E-state index contributed by atoms with van der Waals surface area (Å²) in [7, 11) is 2.88. The normalized spacial score (nSPS) is 21.4. The number of hydrogen-bond acceptors (Lipinski definition) is 10. The van der Waals surface area contributed by atoms with Gasteiger partial charge in [0.15, 0.2) is 0 Å². The Hall–Kier alpha value is -4.42. The maximum Gasteiger partial charge on any atom is 0.360 e. The molecule has 0 aliphatic carbocycles. The number of anilines is 1. The zero-order valence-corrected chi connectivity index (χ0v) is 24.3. The summed E-state index contributed by atoms with van der Waals surface area (Å²) >= 11 is 0. The highest BCUT2D eigenvalue weighted by molar-refractivity contribution is 6.08. The van der Waals surface area contributed by atoms with Crippen molar-refractivity contribution in [1.82, 2.24) is 0 Å². The van der Waals surface area contributed by atoms with Gasteiger partial charge in [-0.3, -0.25) is 4.79 Å². The van der Waals surface area contributed by atoms with Gasteiger partial charge in [0.1, 0.15) is 46.8 Å². The largest absolute Gasteiger partial charge is 0.506 e. The van der Waals surface area contributed by atoms with Gasteiger partial charge in [0.05, 0.1) is 23.8 Å². The molecule has 4 aromatic rings. The highest BCUT2D eigenvalue weighted by Gasteiger charge is 2.50. The van der Waals surface area contributed by atoms with E-state index in [0.29, 0.717) is 27.8 Å². The molecule has 0 radical (unpaired) electrons. The first-order chi connectivity index (χ1) is 20.5. The number of amides is 1. The van der Waals surface area contributed by atoms with Crippen LogP contribution in [0.2, 0.25) is 0 Å². The molecule has 1 aliphatic heterocycles. The van der Waals surface area contributed by atoms with Gasteiger partial charge in [-0.15, -0.1) is 0 Å². The van der Waals surface area contributed by atoms with Crippen molar-refractivity contribution in [1.29, 1.82) is 0 Å². The Morgan fingerprint density at radius 2 is 1.67 bits per heavy atom. The number of fused-ring (bicyclic) bond motifs is 1. The summed E-state index contributed by atoms with van der Waals surface area (Å²) in [4.78, 5) is 26.2. The Morgan fingerprint density at radius 3 is 2.35 bits per heavy atom. The van der Waals surface area contributed by atoms with Crippen LogP contribution in [0.5, 0.6) is 17.2 Å². The van der Waals surface area contributed by atoms with Crippen LogP contribution < -0.4 is 20.4 Å². The molecule has 2 heterocycles. The molecule has 11 nitrogen and oxygen atoms in total.